The topological polar surface area (TPSA) is 90.1 Å². The first-order valence-electron chi connectivity index (χ1n) is 12.4. The molecule has 4 heterocycles. The number of likely N-dealkylation sites (tertiary alicyclic amines) is 1. The second-order valence-corrected chi connectivity index (χ2v) is 10.3. The third-order valence-electron chi connectivity index (χ3n) is 8.05. The number of benzene rings is 1. The van der Waals surface area contributed by atoms with E-state index in [-0.39, 0.29) is 28.9 Å². The van der Waals surface area contributed by atoms with Crippen LogP contribution in [0.1, 0.15) is 43.7 Å². The molecule has 1 aromatic carbocycles. The smallest absolute Gasteiger partial charge is 0.277 e. The van der Waals surface area contributed by atoms with Crippen LogP contribution in [0.25, 0.3) is 10.9 Å². The van der Waals surface area contributed by atoms with Crippen LogP contribution in [0.5, 0.6) is 0 Å². The molecule has 2 atom stereocenters. The third-order valence-corrected chi connectivity index (χ3v) is 8.05. The minimum absolute atomic E-state index is 0.0486. The first-order valence-corrected chi connectivity index (χ1v) is 12.4. The summed E-state index contributed by atoms with van der Waals surface area (Å²) in [7, 11) is 0. The van der Waals surface area contributed by atoms with Gasteiger partial charge in [0.25, 0.3) is 11.1 Å². The van der Waals surface area contributed by atoms with Crippen LogP contribution in [0.3, 0.4) is 0 Å². The average molecular weight is 460 g/mol. The van der Waals surface area contributed by atoms with Crippen LogP contribution in [-0.4, -0.2) is 43.5 Å². The van der Waals surface area contributed by atoms with E-state index in [1.165, 1.54) is 4.68 Å². The zero-order valence-corrected chi connectivity index (χ0v) is 19.2. The van der Waals surface area contributed by atoms with E-state index in [0.717, 1.165) is 44.3 Å². The fourth-order valence-electron chi connectivity index (χ4n) is 6.31. The number of hydrogen-bond donors (Lipinski definition) is 0. The Balaban J connectivity index is 1.09. The van der Waals surface area contributed by atoms with Gasteiger partial charge in [-0.2, -0.15) is 0 Å². The summed E-state index contributed by atoms with van der Waals surface area (Å²) >= 11 is 0. The van der Waals surface area contributed by atoms with Gasteiger partial charge in [0.1, 0.15) is 5.52 Å². The molecule has 2 bridgehead atoms. The maximum absolute atomic E-state index is 13.4. The highest BCUT2D eigenvalue weighted by Crippen LogP contribution is 2.37. The maximum atomic E-state index is 13.4. The summed E-state index contributed by atoms with van der Waals surface area (Å²) < 4.78 is 3.39. The van der Waals surface area contributed by atoms with Crippen molar-refractivity contribution in [2.45, 2.75) is 51.1 Å². The van der Waals surface area contributed by atoms with Gasteiger partial charge in [0, 0.05) is 49.8 Å². The molecule has 34 heavy (non-hydrogen) atoms. The van der Waals surface area contributed by atoms with Crippen LogP contribution in [0.15, 0.2) is 52.1 Å². The molecule has 0 N–H and O–H groups in total. The van der Waals surface area contributed by atoms with Gasteiger partial charge < -0.3 is 9.47 Å². The SMILES string of the molecule is O=C(C1CCC(Cn2nnc3ccccc3c2=O)CC1)N1CC2CC(C1)c1cccc(=O)n1C2. The standard InChI is InChI=1S/C26H29N5O3/c32-24-7-3-6-23-20-12-18(14-30(23)24)13-29(16-20)25(33)19-10-8-17(9-11-19)15-31-26(34)21-4-1-2-5-22(21)27-28-31/h1-7,17-20H,8-16H2. The molecule has 1 saturated carbocycles. The molecule has 0 radical (unpaired) electrons. The lowest BCUT2D eigenvalue weighted by molar-refractivity contribution is -0.139. The van der Waals surface area contributed by atoms with E-state index in [1.54, 1.807) is 18.2 Å². The van der Waals surface area contributed by atoms with E-state index >= 15 is 0 Å². The lowest BCUT2D eigenvalue weighted by atomic mass is 9.79. The van der Waals surface area contributed by atoms with E-state index in [0.29, 0.717) is 42.4 Å². The molecule has 176 valence electrons. The molecule has 1 aliphatic carbocycles. The molecule has 1 amide bonds. The van der Waals surface area contributed by atoms with Crippen LogP contribution in [0.2, 0.25) is 0 Å². The van der Waals surface area contributed by atoms with Gasteiger partial charge >= 0.3 is 0 Å². The highest BCUT2D eigenvalue weighted by atomic mass is 16.2. The zero-order chi connectivity index (χ0) is 23.2. The van der Waals surface area contributed by atoms with Crippen molar-refractivity contribution in [3.8, 4) is 0 Å². The van der Waals surface area contributed by atoms with Crippen molar-refractivity contribution in [2.75, 3.05) is 13.1 Å². The van der Waals surface area contributed by atoms with Gasteiger partial charge in [-0.1, -0.05) is 23.4 Å². The molecular weight excluding hydrogens is 430 g/mol. The van der Waals surface area contributed by atoms with E-state index in [1.807, 2.05) is 28.8 Å². The van der Waals surface area contributed by atoms with Crippen LogP contribution in [-0.2, 0) is 17.9 Å². The summed E-state index contributed by atoms with van der Waals surface area (Å²) in [5.74, 6) is 1.25. The number of hydrogen-bond acceptors (Lipinski definition) is 5. The summed E-state index contributed by atoms with van der Waals surface area (Å²) in [6, 6.07) is 12.8. The molecule has 8 heteroatoms. The Morgan fingerprint density at radius 3 is 2.62 bits per heavy atom. The van der Waals surface area contributed by atoms with Crippen molar-refractivity contribution in [2.24, 2.45) is 17.8 Å². The molecule has 2 aliphatic heterocycles. The summed E-state index contributed by atoms with van der Waals surface area (Å²) in [4.78, 5) is 40.5. The Hall–Kier alpha value is -3.29. The Morgan fingerprint density at radius 2 is 1.76 bits per heavy atom. The van der Waals surface area contributed by atoms with Crippen molar-refractivity contribution >= 4 is 16.8 Å². The maximum Gasteiger partial charge on any atom is 0.277 e. The molecule has 3 aliphatic rings. The number of fused-ring (bicyclic) bond motifs is 5. The van der Waals surface area contributed by atoms with E-state index in [2.05, 4.69) is 15.2 Å². The molecule has 6 rings (SSSR count). The molecule has 2 aromatic heterocycles. The third kappa shape index (κ3) is 3.75. The summed E-state index contributed by atoms with van der Waals surface area (Å²) in [5.41, 5.74) is 1.67. The monoisotopic (exact) mass is 459 g/mol. The van der Waals surface area contributed by atoms with Gasteiger partial charge in [0.05, 0.1) is 5.39 Å². The number of carbonyl (C=O) groups is 1. The molecule has 3 aromatic rings. The van der Waals surface area contributed by atoms with Crippen LogP contribution < -0.4 is 11.1 Å². The minimum atomic E-state index is -0.0944. The molecule has 0 spiro atoms. The number of carbonyl (C=O) groups excluding carboxylic acids is 1. The first-order chi connectivity index (χ1) is 16.6. The first kappa shape index (κ1) is 21.3. The Kier molecular flexibility index (Phi) is 5.31. The predicted molar refractivity (Wildman–Crippen MR) is 127 cm³/mol. The molecule has 8 nitrogen and oxygen atoms in total. The Bertz CT molecular complexity index is 1350. The Labute approximate surface area is 197 Å². The summed E-state index contributed by atoms with van der Waals surface area (Å²) in [5, 5.41) is 8.93. The number of aromatic nitrogens is 4. The fourth-order valence-corrected chi connectivity index (χ4v) is 6.31. The largest absolute Gasteiger partial charge is 0.341 e. The summed E-state index contributed by atoms with van der Waals surface area (Å²) in [6.07, 6.45) is 4.58. The van der Waals surface area contributed by atoms with Crippen molar-refractivity contribution in [3.63, 3.8) is 0 Å². The number of nitrogens with zero attached hydrogens (tertiary/aromatic N) is 5. The van der Waals surface area contributed by atoms with Gasteiger partial charge in [0.15, 0.2) is 0 Å². The second kappa shape index (κ2) is 8.49. The van der Waals surface area contributed by atoms with Crippen molar-refractivity contribution < 1.29 is 4.79 Å². The molecule has 1 saturated heterocycles. The minimum Gasteiger partial charge on any atom is -0.341 e. The van der Waals surface area contributed by atoms with E-state index in [4.69, 9.17) is 0 Å². The number of pyridine rings is 1. The molecular formula is C26H29N5O3. The molecule has 2 fully saturated rings. The highest BCUT2D eigenvalue weighted by Gasteiger charge is 2.38. The molecule has 2 unspecified atom stereocenters. The lowest BCUT2D eigenvalue weighted by Crippen LogP contribution is -2.50. The van der Waals surface area contributed by atoms with Gasteiger partial charge in [0.2, 0.25) is 5.91 Å². The van der Waals surface area contributed by atoms with E-state index < -0.39 is 0 Å². The van der Waals surface area contributed by atoms with E-state index in [9.17, 15) is 14.4 Å². The normalized spacial score (nSPS) is 26.3. The Morgan fingerprint density at radius 1 is 0.941 bits per heavy atom. The predicted octanol–water partition coefficient (Wildman–Crippen LogP) is 2.41. The van der Waals surface area contributed by atoms with Gasteiger partial charge in [-0.05, 0) is 62.1 Å². The quantitative estimate of drug-likeness (QED) is 0.600. The number of rotatable bonds is 3. The van der Waals surface area contributed by atoms with Crippen molar-refractivity contribution in [3.05, 3.63) is 68.9 Å². The second-order valence-electron chi connectivity index (χ2n) is 10.3. The van der Waals surface area contributed by atoms with Crippen molar-refractivity contribution in [1.29, 1.82) is 0 Å². The summed E-state index contributed by atoms with van der Waals surface area (Å²) in [6.45, 7) is 2.72. The lowest BCUT2D eigenvalue weighted by Gasteiger charge is -2.44. The number of piperidine rings is 1. The van der Waals surface area contributed by atoms with Crippen LogP contribution in [0.4, 0.5) is 0 Å². The van der Waals surface area contributed by atoms with Gasteiger partial charge in [-0.25, -0.2) is 4.68 Å². The van der Waals surface area contributed by atoms with Crippen LogP contribution >= 0.6 is 0 Å². The van der Waals surface area contributed by atoms with Gasteiger partial charge in [-0.3, -0.25) is 14.4 Å². The van der Waals surface area contributed by atoms with Gasteiger partial charge in [-0.15, -0.1) is 5.10 Å². The zero-order valence-electron chi connectivity index (χ0n) is 19.2. The highest BCUT2D eigenvalue weighted by molar-refractivity contribution is 5.79. The number of amides is 1. The van der Waals surface area contributed by atoms with Crippen LogP contribution in [0, 0.1) is 17.8 Å². The fraction of sp³-hybridized carbons (Fsp3) is 0.500. The van der Waals surface area contributed by atoms with Crippen molar-refractivity contribution in [1.82, 2.24) is 24.5 Å². The average Bonchev–Trinajstić information content (AvgIpc) is 2.86.